The Morgan fingerprint density at radius 1 is 0.889 bits per heavy atom. The summed E-state index contributed by atoms with van der Waals surface area (Å²) in [7, 11) is 0. The normalized spacial score (nSPS) is 20.9. The lowest BCUT2D eigenvalue weighted by molar-refractivity contribution is -0.120. The van der Waals surface area contributed by atoms with Crippen molar-refractivity contribution in [3.63, 3.8) is 0 Å². The van der Waals surface area contributed by atoms with Crippen LogP contribution in [0.4, 0.5) is 5.69 Å². The lowest BCUT2D eigenvalue weighted by Gasteiger charge is -2.33. The van der Waals surface area contributed by atoms with E-state index >= 15 is 0 Å². The zero-order valence-electron chi connectivity index (χ0n) is 20.1. The van der Waals surface area contributed by atoms with Crippen LogP contribution in [0.1, 0.15) is 58.5 Å². The summed E-state index contributed by atoms with van der Waals surface area (Å²) in [5, 5.41) is 5.83. The number of benzene rings is 2. The van der Waals surface area contributed by atoms with E-state index in [2.05, 4.69) is 15.6 Å². The Morgan fingerprint density at radius 2 is 1.67 bits per heavy atom. The minimum atomic E-state index is -0.535. The van der Waals surface area contributed by atoms with Crippen LogP contribution in [0.25, 0.3) is 0 Å². The molecule has 1 aromatic heterocycles. The van der Waals surface area contributed by atoms with Crippen molar-refractivity contribution >= 4 is 23.4 Å². The lowest BCUT2D eigenvalue weighted by Crippen LogP contribution is -2.47. The third-order valence-electron chi connectivity index (χ3n) is 7.19. The number of fused-ring (bicyclic) bond motifs is 1. The first-order valence-corrected chi connectivity index (χ1v) is 12.6. The van der Waals surface area contributed by atoms with Crippen molar-refractivity contribution in [2.45, 2.75) is 50.7 Å². The van der Waals surface area contributed by atoms with Crippen LogP contribution in [0.3, 0.4) is 0 Å². The molecule has 0 spiro atoms. The maximum atomic E-state index is 13.5. The van der Waals surface area contributed by atoms with Crippen molar-refractivity contribution in [2.75, 3.05) is 5.32 Å². The zero-order chi connectivity index (χ0) is 24.9. The fourth-order valence-corrected chi connectivity index (χ4v) is 5.46. The summed E-state index contributed by atoms with van der Waals surface area (Å²) in [6, 6.07) is 21.2. The smallest absolute Gasteiger partial charge is 0.254 e. The Labute approximate surface area is 210 Å². The Kier molecular flexibility index (Phi) is 7.07. The number of hydrogen-bond acceptors (Lipinski definition) is 4. The van der Waals surface area contributed by atoms with Crippen LogP contribution in [0.5, 0.6) is 0 Å². The molecule has 1 saturated carbocycles. The lowest BCUT2D eigenvalue weighted by atomic mass is 9.84. The highest BCUT2D eigenvalue weighted by Gasteiger charge is 2.47. The summed E-state index contributed by atoms with van der Waals surface area (Å²) in [5.41, 5.74) is 2.35. The standard InChI is InChI=1S/C29H30N4O3/c34-27(31-19-24-13-6-7-16-30-24)22-12-8-14-23(17-22)32-28(35)26-18-21-11-4-5-15-25(21)33(26)29(36)20-9-2-1-3-10-20/h1-3,6-10,12-14,16-17,21,25-26H,4-5,11,15,18-19H2,(H,31,34)(H,32,35). The van der Waals surface area contributed by atoms with Crippen molar-refractivity contribution < 1.29 is 14.4 Å². The maximum Gasteiger partial charge on any atom is 0.254 e. The molecule has 2 aliphatic rings. The molecule has 5 rings (SSSR count). The Hall–Kier alpha value is -4.00. The van der Waals surface area contributed by atoms with Crippen LogP contribution < -0.4 is 10.6 Å². The number of likely N-dealkylation sites (tertiary alicyclic amines) is 1. The second kappa shape index (κ2) is 10.7. The summed E-state index contributed by atoms with van der Waals surface area (Å²) < 4.78 is 0. The first kappa shape index (κ1) is 23.7. The van der Waals surface area contributed by atoms with Crippen molar-refractivity contribution in [3.05, 3.63) is 95.8 Å². The molecule has 3 atom stereocenters. The molecular formula is C29H30N4O3. The summed E-state index contributed by atoms with van der Waals surface area (Å²) in [4.78, 5) is 45.7. The molecule has 2 aromatic carbocycles. The largest absolute Gasteiger partial charge is 0.346 e. The van der Waals surface area contributed by atoms with Crippen LogP contribution in [0.15, 0.2) is 79.0 Å². The van der Waals surface area contributed by atoms with Crippen LogP contribution >= 0.6 is 0 Å². The second-order valence-electron chi connectivity index (χ2n) is 9.52. The van der Waals surface area contributed by atoms with Gasteiger partial charge < -0.3 is 15.5 Å². The highest BCUT2D eigenvalue weighted by atomic mass is 16.2. The summed E-state index contributed by atoms with van der Waals surface area (Å²) in [6.07, 6.45) is 6.53. The number of amides is 3. The van der Waals surface area contributed by atoms with E-state index in [4.69, 9.17) is 0 Å². The maximum absolute atomic E-state index is 13.5. The number of aromatic nitrogens is 1. The number of carbonyl (C=O) groups excluding carboxylic acids is 3. The molecule has 7 nitrogen and oxygen atoms in total. The van der Waals surface area contributed by atoms with Gasteiger partial charge in [0.1, 0.15) is 6.04 Å². The van der Waals surface area contributed by atoms with E-state index in [0.717, 1.165) is 31.4 Å². The fraction of sp³-hybridized carbons (Fsp3) is 0.310. The summed E-state index contributed by atoms with van der Waals surface area (Å²) in [5.74, 6) is -0.206. The monoisotopic (exact) mass is 482 g/mol. The zero-order valence-corrected chi connectivity index (χ0v) is 20.1. The number of nitrogens with zero attached hydrogens (tertiary/aromatic N) is 2. The number of rotatable bonds is 6. The number of anilines is 1. The van der Waals surface area contributed by atoms with Gasteiger partial charge in [0, 0.05) is 29.1 Å². The summed E-state index contributed by atoms with van der Waals surface area (Å²) in [6.45, 7) is 0.317. The van der Waals surface area contributed by atoms with E-state index < -0.39 is 6.04 Å². The molecule has 2 heterocycles. The number of nitrogens with one attached hydrogen (secondary N) is 2. The average Bonchev–Trinajstić information content (AvgIpc) is 3.32. The van der Waals surface area contributed by atoms with Crippen molar-refractivity contribution in [1.82, 2.24) is 15.2 Å². The van der Waals surface area contributed by atoms with Gasteiger partial charge in [0.25, 0.3) is 11.8 Å². The number of hydrogen-bond donors (Lipinski definition) is 2. The van der Waals surface area contributed by atoms with Gasteiger partial charge in [-0.3, -0.25) is 19.4 Å². The van der Waals surface area contributed by atoms with E-state index in [-0.39, 0.29) is 23.8 Å². The minimum Gasteiger partial charge on any atom is -0.346 e. The first-order chi connectivity index (χ1) is 17.6. The van der Waals surface area contributed by atoms with Crippen LogP contribution in [0, 0.1) is 5.92 Å². The van der Waals surface area contributed by atoms with Crippen molar-refractivity contribution in [2.24, 2.45) is 5.92 Å². The average molecular weight is 483 g/mol. The van der Waals surface area contributed by atoms with Crippen molar-refractivity contribution in [3.8, 4) is 0 Å². The second-order valence-corrected chi connectivity index (χ2v) is 9.52. The van der Waals surface area contributed by atoms with E-state index in [1.807, 2.05) is 41.3 Å². The third-order valence-corrected chi connectivity index (χ3v) is 7.19. The van der Waals surface area contributed by atoms with Crippen LogP contribution in [-0.2, 0) is 11.3 Å². The fourth-order valence-electron chi connectivity index (χ4n) is 5.46. The highest BCUT2D eigenvalue weighted by molar-refractivity contribution is 6.02. The van der Waals surface area contributed by atoms with Gasteiger partial charge in [-0.1, -0.05) is 43.2 Å². The van der Waals surface area contributed by atoms with Crippen LogP contribution in [0.2, 0.25) is 0 Å². The Bertz CT molecular complexity index is 1230. The van der Waals surface area contributed by atoms with Gasteiger partial charge in [-0.25, -0.2) is 0 Å². The molecule has 1 saturated heterocycles. The first-order valence-electron chi connectivity index (χ1n) is 12.6. The Morgan fingerprint density at radius 3 is 2.47 bits per heavy atom. The van der Waals surface area contributed by atoms with Gasteiger partial charge in [0.05, 0.1) is 12.2 Å². The van der Waals surface area contributed by atoms with E-state index in [0.29, 0.717) is 35.7 Å². The van der Waals surface area contributed by atoms with Crippen LogP contribution in [-0.4, -0.2) is 39.7 Å². The quantitative estimate of drug-likeness (QED) is 0.544. The van der Waals surface area contributed by atoms with Gasteiger partial charge >= 0.3 is 0 Å². The molecule has 1 aliphatic heterocycles. The third kappa shape index (κ3) is 5.15. The van der Waals surface area contributed by atoms with E-state index in [9.17, 15) is 14.4 Å². The topological polar surface area (TPSA) is 91.4 Å². The minimum absolute atomic E-state index is 0.0888. The number of pyridine rings is 1. The molecule has 3 amide bonds. The van der Waals surface area contributed by atoms with Gasteiger partial charge in [-0.15, -0.1) is 0 Å². The molecule has 184 valence electrons. The molecule has 3 aromatic rings. The molecule has 0 bridgehead atoms. The van der Waals surface area contributed by atoms with E-state index in [1.54, 1.807) is 42.6 Å². The van der Waals surface area contributed by atoms with Crippen molar-refractivity contribution in [1.29, 1.82) is 0 Å². The summed E-state index contributed by atoms with van der Waals surface area (Å²) >= 11 is 0. The van der Waals surface area contributed by atoms with Gasteiger partial charge in [-0.05, 0) is 67.6 Å². The van der Waals surface area contributed by atoms with E-state index in [1.165, 1.54) is 0 Å². The molecular weight excluding hydrogens is 452 g/mol. The molecule has 3 unspecified atom stereocenters. The highest BCUT2D eigenvalue weighted by Crippen LogP contribution is 2.40. The molecule has 2 fully saturated rings. The number of carbonyl (C=O) groups is 3. The predicted molar refractivity (Wildman–Crippen MR) is 137 cm³/mol. The molecule has 36 heavy (non-hydrogen) atoms. The van der Waals surface area contributed by atoms with Gasteiger partial charge in [0.15, 0.2) is 0 Å². The molecule has 0 radical (unpaired) electrons. The predicted octanol–water partition coefficient (Wildman–Crippen LogP) is 4.42. The Balaban J connectivity index is 1.30. The van der Waals surface area contributed by atoms with Gasteiger partial charge in [-0.2, -0.15) is 0 Å². The SMILES string of the molecule is O=C(NCc1ccccn1)c1cccc(NC(=O)C2CC3CCCCC3N2C(=O)c2ccccc2)c1. The molecule has 7 heteroatoms. The van der Waals surface area contributed by atoms with Gasteiger partial charge in [0.2, 0.25) is 5.91 Å². The molecule has 2 N–H and O–H groups in total. The molecule has 1 aliphatic carbocycles.